The van der Waals surface area contributed by atoms with Gasteiger partial charge in [0.15, 0.2) is 0 Å². The summed E-state index contributed by atoms with van der Waals surface area (Å²) in [6, 6.07) is 14.4. The lowest BCUT2D eigenvalue weighted by molar-refractivity contribution is 0.331. The molecule has 0 amide bonds. The molecule has 1 aromatic heterocycles. The first-order chi connectivity index (χ1) is 10.4. The first-order valence-corrected chi connectivity index (χ1v) is 7.49. The van der Waals surface area contributed by atoms with Gasteiger partial charge < -0.3 is 15.0 Å². The van der Waals surface area contributed by atoms with Crippen LogP contribution >= 0.6 is 0 Å². The Kier molecular flexibility index (Phi) is 4.36. The van der Waals surface area contributed by atoms with Gasteiger partial charge in [-0.15, -0.1) is 0 Å². The van der Waals surface area contributed by atoms with Crippen molar-refractivity contribution in [3.8, 4) is 5.75 Å². The maximum Gasteiger partial charge on any atom is 0.129 e. The van der Waals surface area contributed by atoms with Gasteiger partial charge in [-0.05, 0) is 24.7 Å². The van der Waals surface area contributed by atoms with Gasteiger partial charge >= 0.3 is 0 Å². The van der Waals surface area contributed by atoms with E-state index in [1.807, 2.05) is 12.1 Å². The summed E-state index contributed by atoms with van der Waals surface area (Å²) < 4.78 is 5.81. The lowest BCUT2D eigenvalue weighted by atomic mass is 10.2. The fourth-order valence-electron chi connectivity index (χ4n) is 2.52. The van der Waals surface area contributed by atoms with E-state index in [1.54, 1.807) is 0 Å². The number of pyridine rings is 1. The van der Waals surface area contributed by atoms with E-state index in [1.165, 1.54) is 5.56 Å². The molecule has 0 atom stereocenters. The molecule has 21 heavy (non-hydrogen) atoms. The summed E-state index contributed by atoms with van der Waals surface area (Å²) in [7, 11) is 0. The Morgan fingerprint density at radius 3 is 3.00 bits per heavy atom. The van der Waals surface area contributed by atoms with E-state index in [-0.39, 0.29) is 0 Å². The molecule has 0 aliphatic carbocycles. The Balaban J connectivity index is 1.80. The van der Waals surface area contributed by atoms with Gasteiger partial charge in [0.1, 0.15) is 18.2 Å². The van der Waals surface area contributed by atoms with Gasteiger partial charge in [-0.25, -0.2) is 4.98 Å². The van der Waals surface area contributed by atoms with Gasteiger partial charge in [0.2, 0.25) is 0 Å². The number of nitrogens with one attached hydrogen (secondary N) is 1. The van der Waals surface area contributed by atoms with Crippen LogP contribution in [0.5, 0.6) is 5.75 Å². The van der Waals surface area contributed by atoms with Crippen LogP contribution in [0.2, 0.25) is 0 Å². The fraction of sp³-hybridized carbons (Fsp3) is 0.353. The lowest BCUT2D eigenvalue weighted by Gasteiger charge is -2.21. The maximum absolute atomic E-state index is 5.81. The van der Waals surface area contributed by atoms with Gasteiger partial charge in [-0.2, -0.15) is 0 Å². The zero-order valence-electron chi connectivity index (χ0n) is 12.4. The molecule has 0 bridgehead atoms. The molecule has 1 aliphatic rings. The minimum absolute atomic E-state index is 0.691. The summed E-state index contributed by atoms with van der Waals surface area (Å²) in [5, 5.41) is 3.32. The highest BCUT2D eigenvalue weighted by molar-refractivity contribution is 5.44. The van der Waals surface area contributed by atoms with E-state index >= 15 is 0 Å². The molecular weight excluding hydrogens is 262 g/mol. The molecule has 0 fully saturated rings. The van der Waals surface area contributed by atoms with E-state index < -0.39 is 0 Å². The van der Waals surface area contributed by atoms with Crippen molar-refractivity contribution in [2.75, 3.05) is 24.6 Å². The smallest absolute Gasteiger partial charge is 0.129 e. The van der Waals surface area contributed by atoms with Gasteiger partial charge in [0, 0.05) is 18.7 Å². The SMILES string of the molecule is CCNCc1cccc(N2CCOc3ccccc3C2)n1. The highest BCUT2D eigenvalue weighted by atomic mass is 16.5. The molecule has 4 heteroatoms. The van der Waals surface area contributed by atoms with Gasteiger partial charge in [-0.1, -0.05) is 31.2 Å². The largest absolute Gasteiger partial charge is 0.491 e. The van der Waals surface area contributed by atoms with Crippen molar-refractivity contribution >= 4 is 5.82 Å². The number of rotatable bonds is 4. The molecule has 1 N–H and O–H groups in total. The van der Waals surface area contributed by atoms with Crippen LogP contribution in [-0.2, 0) is 13.1 Å². The summed E-state index contributed by atoms with van der Waals surface area (Å²) in [5.41, 5.74) is 2.29. The predicted octanol–water partition coefficient (Wildman–Crippen LogP) is 2.59. The molecule has 2 aromatic rings. The van der Waals surface area contributed by atoms with E-state index in [0.717, 1.165) is 43.4 Å². The van der Waals surface area contributed by atoms with E-state index in [4.69, 9.17) is 9.72 Å². The number of hydrogen-bond acceptors (Lipinski definition) is 4. The van der Waals surface area contributed by atoms with Crippen molar-refractivity contribution in [3.63, 3.8) is 0 Å². The number of aromatic nitrogens is 1. The second-order valence-electron chi connectivity index (χ2n) is 5.15. The molecule has 0 saturated heterocycles. The number of benzene rings is 1. The van der Waals surface area contributed by atoms with Crippen LogP contribution in [0.15, 0.2) is 42.5 Å². The Morgan fingerprint density at radius 1 is 1.19 bits per heavy atom. The van der Waals surface area contributed by atoms with E-state index in [2.05, 4.69) is 47.5 Å². The average Bonchev–Trinajstić information content (AvgIpc) is 2.75. The molecule has 0 unspecified atom stereocenters. The molecule has 0 radical (unpaired) electrons. The van der Waals surface area contributed by atoms with Gasteiger partial charge in [0.05, 0.1) is 12.2 Å². The second kappa shape index (κ2) is 6.59. The molecule has 0 saturated carbocycles. The minimum Gasteiger partial charge on any atom is -0.491 e. The first-order valence-electron chi connectivity index (χ1n) is 7.49. The molecule has 110 valence electrons. The van der Waals surface area contributed by atoms with Gasteiger partial charge in [0.25, 0.3) is 0 Å². The maximum atomic E-state index is 5.81. The highest BCUT2D eigenvalue weighted by Gasteiger charge is 2.16. The Hall–Kier alpha value is -2.07. The third kappa shape index (κ3) is 3.34. The van der Waals surface area contributed by atoms with Crippen molar-refractivity contribution < 1.29 is 4.74 Å². The summed E-state index contributed by atoms with van der Waals surface area (Å²) in [6.45, 7) is 6.26. The quantitative estimate of drug-likeness (QED) is 0.936. The van der Waals surface area contributed by atoms with Crippen molar-refractivity contribution in [2.45, 2.75) is 20.0 Å². The normalized spacial score (nSPS) is 14.2. The molecule has 2 heterocycles. The summed E-state index contributed by atoms with van der Waals surface area (Å²) in [6.07, 6.45) is 0. The second-order valence-corrected chi connectivity index (χ2v) is 5.15. The monoisotopic (exact) mass is 283 g/mol. The number of hydrogen-bond donors (Lipinski definition) is 1. The number of fused-ring (bicyclic) bond motifs is 1. The van der Waals surface area contributed by atoms with Crippen molar-refractivity contribution in [1.82, 2.24) is 10.3 Å². The Labute approximate surface area is 125 Å². The molecule has 3 rings (SSSR count). The van der Waals surface area contributed by atoms with Crippen molar-refractivity contribution in [3.05, 3.63) is 53.7 Å². The third-order valence-electron chi connectivity index (χ3n) is 3.62. The first kappa shape index (κ1) is 13.9. The average molecular weight is 283 g/mol. The third-order valence-corrected chi connectivity index (χ3v) is 3.62. The van der Waals surface area contributed by atoms with Crippen LogP contribution in [-0.4, -0.2) is 24.7 Å². The van der Waals surface area contributed by atoms with Crippen LogP contribution in [0.25, 0.3) is 0 Å². The van der Waals surface area contributed by atoms with Crippen LogP contribution in [0.4, 0.5) is 5.82 Å². The zero-order chi connectivity index (χ0) is 14.5. The van der Waals surface area contributed by atoms with Crippen LogP contribution in [0.3, 0.4) is 0 Å². The van der Waals surface area contributed by atoms with E-state index in [9.17, 15) is 0 Å². The number of para-hydroxylation sites is 1. The number of ether oxygens (including phenoxy) is 1. The van der Waals surface area contributed by atoms with Crippen molar-refractivity contribution in [1.29, 1.82) is 0 Å². The molecule has 4 nitrogen and oxygen atoms in total. The Bertz CT molecular complexity index is 600. The molecule has 0 spiro atoms. The summed E-state index contributed by atoms with van der Waals surface area (Å²) in [5.74, 6) is 2.01. The topological polar surface area (TPSA) is 37.4 Å². The van der Waals surface area contributed by atoms with Crippen LogP contribution in [0, 0.1) is 0 Å². The highest BCUT2D eigenvalue weighted by Crippen LogP contribution is 2.25. The summed E-state index contributed by atoms with van der Waals surface area (Å²) >= 11 is 0. The zero-order valence-corrected chi connectivity index (χ0v) is 12.4. The standard InChI is InChI=1S/C17H21N3O/c1-2-18-12-15-7-5-9-17(19-15)20-10-11-21-16-8-4-3-6-14(16)13-20/h3-9,18H,2,10-13H2,1H3. The Morgan fingerprint density at radius 2 is 2.10 bits per heavy atom. The predicted molar refractivity (Wildman–Crippen MR) is 84.6 cm³/mol. The lowest BCUT2D eigenvalue weighted by Crippen LogP contribution is -2.26. The fourth-order valence-corrected chi connectivity index (χ4v) is 2.52. The molecule has 1 aromatic carbocycles. The number of nitrogens with zero attached hydrogens (tertiary/aromatic N) is 2. The van der Waals surface area contributed by atoms with Crippen molar-refractivity contribution in [2.24, 2.45) is 0 Å². The van der Waals surface area contributed by atoms with Gasteiger partial charge in [-0.3, -0.25) is 0 Å². The number of anilines is 1. The minimum atomic E-state index is 0.691. The molecular formula is C17H21N3O. The van der Waals surface area contributed by atoms with Crippen LogP contribution in [0.1, 0.15) is 18.2 Å². The van der Waals surface area contributed by atoms with Crippen LogP contribution < -0.4 is 15.0 Å². The molecule has 1 aliphatic heterocycles. The van der Waals surface area contributed by atoms with E-state index in [0.29, 0.717) is 6.61 Å². The summed E-state index contributed by atoms with van der Waals surface area (Å²) in [4.78, 5) is 7.04.